The minimum absolute atomic E-state index is 0.171. The highest BCUT2D eigenvalue weighted by molar-refractivity contribution is 6.35. The molecule has 2 aromatic carbocycles. The molecule has 5 nitrogen and oxygen atoms in total. The first kappa shape index (κ1) is 18.2. The highest BCUT2D eigenvalue weighted by Gasteiger charge is 2.12. The number of aromatic nitrogens is 2. The van der Waals surface area contributed by atoms with Gasteiger partial charge in [0, 0.05) is 16.7 Å². The molecule has 0 unspecified atom stereocenters. The first-order valence-corrected chi connectivity index (χ1v) is 8.58. The van der Waals surface area contributed by atoms with Gasteiger partial charge in [0.05, 0.1) is 16.4 Å². The Labute approximate surface area is 160 Å². The van der Waals surface area contributed by atoms with Crippen LogP contribution in [0.4, 0.5) is 5.69 Å². The van der Waals surface area contributed by atoms with Crippen LogP contribution in [0.3, 0.4) is 0 Å². The van der Waals surface area contributed by atoms with Gasteiger partial charge in [-0.2, -0.15) is 0 Å². The van der Waals surface area contributed by atoms with Crippen molar-refractivity contribution in [2.75, 3.05) is 5.32 Å². The predicted molar refractivity (Wildman–Crippen MR) is 104 cm³/mol. The van der Waals surface area contributed by atoms with E-state index < -0.39 is 5.91 Å². The Bertz CT molecular complexity index is 1020. The molecule has 0 aliphatic rings. The van der Waals surface area contributed by atoms with Gasteiger partial charge in [0.1, 0.15) is 12.4 Å². The number of halogens is 2. The van der Waals surface area contributed by atoms with Crippen LogP contribution in [0.1, 0.15) is 5.82 Å². The zero-order valence-electron chi connectivity index (χ0n) is 13.9. The van der Waals surface area contributed by atoms with Gasteiger partial charge >= 0.3 is 0 Å². The average molecular weight is 388 g/mol. The van der Waals surface area contributed by atoms with E-state index in [1.54, 1.807) is 25.1 Å². The fourth-order valence-corrected chi connectivity index (χ4v) is 2.83. The second-order valence-corrected chi connectivity index (χ2v) is 6.49. The van der Waals surface area contributed by atoms with Gasteiger partial charge in [0.25, 0.3) is 5.56 Å². The lowest BCUT2D eigenvalue weighted by molar-refractivity contribution is -0.116. The molecule has 1 heterocycles. The fraction of sp³-hybridized carbons (Fsp3) is 0.105. The molecule has 0 radical (unpaired) electrons. The number of aryl methyl sites for hydroxylation is 1. The third kappa shape index (κ3) is 4.12. The highest BCUT2D eigenvalue weighted by atomic mass is 35.5. The van der Waals surface area contributed by atoms with Gasteiger partial charge in [-0.15, -0.1) is 0 Å². The summed E-state index contributed by atoms with van der Waals surface area (Å²) in [5.74, 6) is 0.0531. The summed E-state index contributed by atoms with van der Waals surface area (Å²) in [6.45, 7) is 1.52. The molecular formula is C19H15Cl2N3O2. The van der Waals surface area contributed by atoms with E-state index in [1.165, 1.54) is 10.6 Å². The van der Waals surface area contributed by atoms with E-state index in [0.29, 0.717) is 27.3 Å². The molecule has 1 amide bonds. The number of hydrogen-bond acceptors (Lipinski definition) is 3. The Morgan fingerprint density at radius 2 is 1.85 bits per heavy atom. The minimum atomic E-state index is -0.395. The summed E-state index contributed by atoms with van der Waals surface area (Å²) < 4.78 is 1.31. The molecule has 132 valence electrons. The van der Waals surface area contributed by atoms with Crippen molar-refractivity contribution in [3.63, 3.8) is 0 Å². The topological polar surface area (TPSA) is 64.0 Å². The molecule has 1 aromatic heterocycles. The molecule has 3 rings (SSSR count). The van der Waals surface area contributed by atoms with Crippen molar-refractivity contribution in [2.45, 2.75) is 13.5 Å². The third-order valence-electron chi connectivity index (χ3n) is 3.77. The fourth-order valence-electron chi connectivity index (χ4n) is 2.50. The Kier molecular flexibility index (Phi) is 5.40. The number of hydrogen-bond donors (Lipinski definition) is 1. The summed E-state index contributed by atoms with van der Waals surface area (Å²) >= 11 is 12.0. The number of rotatable bonds is 4. The quantitative estimate of drug-likeness (QED) is 0.730. The maximum Gasteiger partial charge on any atom is 0.254 e. The van der Waals surface area contributed by atoms with Crippen LogP contribution in [0.25, 0.3) is 11.3 Å². The maximum absolute atomic E-state index is 12.4. The predicted octanol–water partition coefficient (Wildman–Crippen LogP) is 4.16. The molecular weight excluding hydrogens is 373 g/mol. The number of amides is 1. The zero-order chi connectivity index (χ0) is 18.7. The van der Waals surface area contributed by atoms with Gasteiger partial charge < -0.3 is 5.32 Å². The van der Waals surface area contributed by atoms with E-state index in [4.69, 9.17) is 23.2 Å². The first-order chi connectivity index (χ1) is 12.4. The van der Waals surface area contributed by atoms with Crippen LogP contribution in [0.15, 0.2) is 59.4 Å². The molecule has 0 fully saturated rings. The molecule has 1 N–H and O–H groups in total. The van der Waals surface area contributed by atoms with Crippen LogP contribution in [-0.2, 0) is 11.3 Å². The van der Waals surface area contributed by atoms with Crippen molar-refractivity contribution in [3.05, 3.63) is 80.8 Å². The van der Waals surface area contributed by atoms with Crippen LogP contribution in [0, 0.1) is 6.92 Å². The summed E-state index contributed by atoms with van der Waals surface area (Å²) in [6, 6.07) is 15.6. The molecule has 7 heteroatoms. The van der Waals surface area contributed by atoms with Gasteiger partial charge in [0.2, 0.25) is 5.91 Å². The largest absolute Gasteiger partial charge is 0.323 e. The highest BCUT2D eigenvalue weighted by Crippen LogP contribution is 2.25. The van der Waals surface area contributed by atoms with Gasteiger partial charge in [-0.05, 0) is 25.1 Å². The van der Waals surface area contributed by atoms with Gasteiger partial charge in [-0.3, -0.25) is 14.2 Å². The third-order valence-corrected chi connectivity index (χ3v) is 4.34. The van der Waals surface area contributed by atoms with Crippen LogP contribution in [0.5, 0.6) is 0 Å². The van der Waals surface area contributed by atoms with E-state index in [9.17, 15) is 9.59 Å². The molecule has 0 saturated carbocycles. The van der Waals surface area contributed by atoms with Crippen molar-refractivity contribution in [2.24, 2.45) is 0 Å². The Morgan fingerprint density at radius 1 is 1.12 bits per heavy atom. The number of carbonyl (C=O) groups is 1. The summed E-state index contributed by atoms with van der Waals surface area (Å²) in [5, 5.41) is 3.47. The van der Waals surface area contributed by atoms with E-state index in [2.05, 4.69) is 10.3 Å². The van der Waals surface area contributed by atoms with Gasteiger partial charge in [-0.1, -0.05) is 53.5 Å². The molecule has 3 aromatic rings. The van der Waals surface area contributed by atoms with Crippen LogP contribution in [0.2, 0.25) is 10.0 Å². The molecule has 0 aliphatic carbocycles. The van der Waals surface area contributed by atoms with Crippen molar-refractivity contribution >= 4 is 34.8 Å². The average Bonchev–Trinajstić information content (AvgIpc) is 2.62. The minimum Gasteiger partial charge on any atom is -0.323 e. The number of nitrogens with zero attached hydrogens (tertiary/aromatic N) is 2. The van der Waals surface area contributed by atoms with Gasteiger partial charge in [-0.25, -0.2) is 4.98 Å². The SMILES string of the molecule is Cc1nc(-c2ccccc2)cc(=O)n1CC(=O)Nc1cc(Cl)ccc1Cl. The number of anilines is 1. The lowest BCUT2D eigenvalue weighted by Gasteiger charge is -2.12. The van der Waals surface area contributed by atoms with Crippen LogP contribution in [-0.4, -0.2) is 15.5 Å². The van der Waals surface area contributed by atoms with Crippen LogP contribution < -0.4 is 10.9 Å². The van der Waals surface area contributed by atoms with E-state index in [-0.39, 0.29) is 12.1 Å². The first-order valence-electron chi connectivity index (χ1n) is 7.83. The number of nitrogens with one attached hydrogen (secondary N) is 1. The maximum atomic E-state index is 12.4. The Morgan fingerprint density at radius 3 is 2.54 bits per heavy atom. The zero-order valence-corrected chi connectivity index (χ0v) is 15.4. The van der Waals surface area contributed by atoms with E-state index >= 15 is 0 Å². The lowest BCUT2D eigenvalue weighted by Crippen LogP contribution is -2.29. The molecule has 0 aliphatic heterocycles. The van der Waals surface area contributed by atoms with E-state index in [0.717, 1.165) is 5.56 Å². The lowest BCUT2D eigenvalue weighted by atomic mass is 10.1. The summed E-state index contributed by atoms with van der Waals surface area (Å²) in [5.41, 5.74) is 1.50. The normalized spacial score (nSPS) is 10.6. The second-order valence-electron chi connectivity index (χ2n) is 5.65. The number of carbonyl (C=O) groups excluding carboxylic acids is 1. The second kappa shape index (κ2) is 7.72. The van der Waals surface area contributed by atoms with Crippen molar-refractivity contribution < 1.29 is 4.79 Å². The monoisotopic (exact) mass is 387 g/mol. The summed E-state index contributed by atoms with van der Waals surface area (Å²) in [6.07, 6.45) is 0. The summed E-state index contributed by atoms with van der Waals surface area (Å²) in [4.78, 5) is 29.2. The van der Waals surface area contributed by atoms with Crippen molar-refractivity contribution in [1.82, 2.24) is 9.55 Å². The molecule has 0 atom stereocenters. The smallest absolute Gasteiger partial charge is 0.254 e. The van der Waals surface area contributed by atoms with Gasteiger partial charge in [0.15, 0.2) is 0 Å². The molecule has 0 saturated heterocycles. The standard InChI is InChI=1S/C19H15Cl2N3O2/c1-12-22-16(13-5-3-2-4-6-13)10-19(26)24(12)11-18(25)23-17-9-14(20)7-8-15(17)21/h2-10H,11H2,1H3,(H,23,25). The number of benzene rings is 2. The Balaban J connectivity index is 1.83. The molecule has 26 heavy (non-hydrogen) atoms. The van der Waals surface area contributed by atoms with Crippen LogP contribution >= 0.6 is 23.2 Å². The molecule has 0 bridgehead atoms. The van der Waals surface area contributed by atoms with E-state index in [1.807, 2.05) is 30.3 Å². The summed E-state index contributed by atoms with van der Waals surface area (Å²) in [7, 11) is 0. The van der Waals surface area contributed by atoms with Crippen molar-refractivity contribution in [3.8, 4) is 11.3 Å². The van der Waals surface area contributed by atoms with Crippen molar-refractivity contribution in [1.29, 1.82) is 0 Å². The molecule has 0 spiro atoms. The Hall–Kier alpha value is -2.63.